The van der Waals surface area contributed by atoms with Gasteiger partial charge in [0.05, 0.1) is 11.8 Å². The quantitative estimate of drug-likeness (QED) is 0.595. The molecule has 0 spiro atoms. The normalized spacial score (nSPS) is 31.9. The number of hydrogen-bond donors (Lipinski definition) is 2. The van der Waals surface area contributed by atoms with E-state index in [1.165, 1.54) is 0 Å². The van der Waals surface area contributed by atoms with E-state index in [0.717, 1.165) is 0 Å². The molecule has 3 N–H and O–H groups in total. The van der Waals surface area contributed by atoms with Crippen molar-refractivity contribution in [3.8, 4) is 0 Å². The topological polar surface area (TPSA) is 72.2 Å². The molecule has 1 aliphatic carbocycles. The summed E-state index contributed by atoms with van der Waals surface area (Å²) in [5, 5.41) is 2.57. The average Bonchev–Trinajstić information content (AvgIpc) is 2.59. The Morgan fingerprint density at radius 2 is 2.21 bits per heavy atom. The molecule has 2 amide bonds. The highest BCUT2D eigenvalue weighted by Gasteiger charge is 2.41. The molecule has 78 valence electrons. The van der Waals surface area contributed by atoms with Gasteiger partial charge in [0, 0.05) is 0 Å². The zero-order chi connectivity index (χ0) is 11.4. The highest BCUT2D eigenvalue weighted by Crippen LogP contribution is 2.33. The molecule has 0 heterocycles. The lowest BCUT2D eigenvalue weighted by Crippen LogP contribution is -2.38. The third-order valence-corrected chi connectivity index (χ3v) is 2.53. The van der Waals surface area contributed by atoms with Gasteiger partial charge in [-0.15, -0.1) is 0 Å². The first-order chi connectivity index (χ1) is 7.10. The molecule has 0 aromatic rings. The summed E-state index contributed by atoms with van der Waals surface area (Å²) in [5.41, 5.74) is 1.72. The minimum atomic E-state index is -1.13. The lowest BCUT2D eigenvalue weighted by atomic mass is 9.91. The summed E-state index contributed by atoms with van der Waals surface area (Å²) in [6.45, 7) is 1.76. The zero-order valence-electron chi connectivity index (χ0n) is 9.05. The Morgan fingerprint density at radius 3 is 2.79 bits per heavy atom. The molecule has 1 rings (SSSR count). The van der Waals surface area contributed by atoms with Gasteiger partial charge in [-0.1, -0.05) is 6.82 Å². The molecule has 0 aromatic carbocycles. The number of halogens is 1. The van der Waals surface area contributed by atoms with Crippen molar-refractivity contribution in [1.82, 2.24) is 5.23 Å². The lowest BCUT2D eigenvalue weighted by molar-refractivity contribution is -0.131. The van der Waals surface area contributed by atoms with Gasteiger partial charge in [0.1, 0.15) is 6.17 Å². The predicted molar refractivity (Wildman–Crippen MR) is 51.5 cm³/mol. The van der Waals surface area contributed by atoms with Crippen molar-refractivity contribution >= 4 is 19.2 Å². The summed E-state index contributed by atoms with van der Waals surface area (Å²) in [6, 6.07) is 0. The number of hydrogen-bond acceptors (Lipinski definition) is 2. The first-order valence-electron chi connectivity index (χ1n) is 5.23. The van der Waals surface area contributed by atoms with E-state index >= 15 is 0 Å². The Bertz CT molecular complexity index is 267. The second-order valence-corrected chi connectivity index (χ2v) is 3.54. The number of nitrogens with one attached hydrogen (secondary N) is 1. The van der Waals surface area contributed by atoms with E-state index in [9.17, 15) is 14.0 Å². The van der Waals surface area contributed by atoms with Crippen LogP contribution in [0.15, 0.2) is 0 Å². The van der Waals surface area contributed by atoms with Crippen LogP contribution >= 0.6 is 0 Å². The van der Waals surface area contributed by atoms with E-state index in [4.69, 9.17) is 1.41 Å². The summed E-state index contributed by atoms with van der Waals surface area (Å²) in [7, 11) is 0.460. The van der Waals surface area contributed by atoms with Crippen LogP contribution in [0.3, 0.4) is 0 Å². The maximum atomic E-state index is 13.1. The molecule has 1 fully saturated rings. The molecular formula is C8H14BFN2O2. The molecule has 0 aromatic heterocycles. The van der Waals surface area contributed by atoms with Crippen LogP contribution in [0.2, 0.25) is 8.23 Å². The Balaban J connectivity index is 2.68. The molecule has 1 saturated carbocycles. The maximum Gasteiger partial charge on any atom is 0.232 e. The molecular weight excluding hydrogens is 186 g/mol. The van der Waals surface area contributed by atoms with Crippen LogP contribution in [0.1, 0.15) is 12.8 Å². The van der Waals surface area contributed by atoms with Crippen LogP contribution in [0, 0.1) is 11.8 Å². The minimum absolute atomic E-state index is 0.0342. The van der Waals surface area contributed by atoms with Gasteiger partial charge in [-0.05, 0) is 12.8 Å². The molecule has 6 heteroatoms. The van der Waals surface area contributed by atoms with E-state index in [2.05, 4.69) is 5.23 Å². The van der Waals surface area contributed by atoms with Crippen LogP contribution < -0.4 is 11.0 Å². The van der Waals surface area contributed by atoms with Crippen molar-refractivity contribution in [3.05, 3.63) is 0 Å². The Labute approximate surface area is 84.1 Å². The summed E-state index contributed by atoms with van der Waals surface area (Å²) in [6.07, 6.45) is -1.02. The van der Waals surface area contributed by atoms with Crippen LogP contribution in [0.5, 0.6) is 0 Å². The Kier molecular flexibility index (Phi) is 3.01. The number of amides is 2. The van der Waals surface area contributed by atoms with Crippen molar-refractivity contribution in [1.29, 1.82) is 0 Å². The van der Waals surface area contributed by atoms with Crippen molar-refractivity contribution in [3.63, 3.8) is 0 Å². The van der Waals surface area contributed by atoms with E-state index in [0.29, 0.717) is 7.41 Å². The van der Waals surface area contributed by atoms with E-state index in [-0.39, 0.29) is 18.7 Å². The largest absolute Gasteiger partial charge is 0.403 e. The summed E-state index contributed by atoms with van der Waals surface area (Å²) in [4.78, 5) is 22.7. The Hall–Kier alpha value is -1.07. The standard InChI is InChI=1S/C8H14BFN2O2/c1-9-12-8(14)6-3-4(10)2-5(6)7(11)13/h4-6,9H,2-3H2,1H3,(H2,11,13)(H,12,14)/t4-,5-,6-/m0/s1/i/hD. The molecule has 1 aliphatic rings. The summed E-state index contributed by atoms with van der Waals surface area (Å²) < 4.78 is 19.8. The third-order valence-electron chi connectivity index (χ3n) is 2.53. The fourth-order valence-corrected chi connectivity index (χ4v) is 1.86. The molecule has 3 atom stereocenters. The molecule has 0 aliphatic heterocycles. The number of carbonyl (C=O) groups excluding carboxylic acids is 2. The predicted octanol–water partition coefficient (Wildman–Crippen LogP) is -0.648. The smallest absolute Gasteiger partial charge is 0.232 e. The fourth-order valence-electron chi connectivity index (χ4n) is 1.86. The van der Waals surface area contributed by atoms with Crippen molar-refractivity contribution < 1.29 is 15.4 Å². The molecule has 0 bridgehead atoms. The van der Waals surface area contributed by atoms with Crippen LogP contribution in [0.4, 0.5) is 4.39 Å². The van der Waals surface area contributed by atoms with E-state index < -0.39 is 23.9 Å². The SMILES string of the molecule is [2H]NC(=O)[C@H]1C[C@H](F)C[C@@H]1C(=O)NBC. The summed E-state index contributed by atoms with van der Waals surface area (Å²) >= 11 is 0. The molecule has 0 saturated heterocycles. The number of nitrogens with two attached hydrogens (primary N) is 1. The van der Waals surface area contributed by atoms with Crippen molar-refractivity contribution in [2.24, 2.45) is 17.6 Å². The second-order valence-electron chi connectivity index (χ2n) is 3.54. The van der Waals surface area contributed by atoms with Crippen LogP contribution in [-0.4, -0.2) is 25.4 Å². The zero-order valence-corrected chi connectivity index (χ0v) is 8.05. The molecule has 0 unspecified atom stereocenters. The third kappa shape index (κ3) is 2.24. The van der Waals surface area contributed by atoms with Crippen molar-refractivity contribution in [2.45, 2.75) is 25.8 Å². The average molecular weight is 201 g/mol. The molecule has 4 nitrogen and oxygen atoms in total. The minimum Gasteiger partial charge on any atom is -0.403 e. The van der Waals surface area contributed by atoms with Gasteiger partial charge < -0.3 is 11.0 Å². The summed E-state index contributed by atoms with van der Waals surface area (Å²) in [5.74, 6) is -2.22. The number of primary amides is 1. The fraction of sp³-hybridized carbons (Fsp3) is 0.750. The Morgan fingerprint density at radius 1 is 1.57 bits per heavy atom. The highest BCUT2D eigenvalue weighted by molar-refractivity contribution is 6.35. The van der Waals surface area contributed by atoms with Gasteiger partial charge in [-0.25, -0.2) is 4.39 Å². The first kappa shape index (κ1) is 9.49. The van der Waals surface area contributed by atoms with Crippen LogP contribution in [-0.2, 0) is 9.59 Å². The highest BCUT2D eigenvalue weighted by atomic mass is 19.1. The van der Waals surface area contributed by atoms with Crippen molar-refractivity contribution in [2.75, 3.05) is 0 Å². The second kappa shape index (κ2) is 4.44. The molecule has 0 radical (unpaired) electrons. The monoisotopic (exact) mass is 201 g/mol. The van der Waals surface area contributed by atoms with Gasteiger partial charge in [0.25, 0.3) is 0 Å². The van der Waals surface area contributed by atoms with Crippen LogP contribution in [0.25, 0.3) is 0 Å². The van der Waals surface area contributed by atoms with Gasteiger partial charge in [0.2, 0.25) is 19.2 Å². The van der Waals surface area contributed by atoms with Gasteiger partial charge in [-0.3, -0.25) is 9.59 Å². The van der Waals surface area contributed by atoms with Gasteiger partial charge >= 0.3 is 0 Å². The lowest BCUT2D eigenvalue weighted by Gasteiger charge is -2.14. The van der Waals surface area contributed by atoms with Gasteiger partial charge in [0.15, 0.2) is 1.41 Å². The maximum absolute atomic E-state index is 13.1. The molecule has 14 heavy (non-hydrogen) atoms. The first-order valence-corrected chi connectivity index (χ1v) is 4.73. The number of rotatable bonds is 3. The van der Waals surface area contributed by atoms with E-state index in [1.54, 1.807) is 12.5 Å². The number of alkyl halides is 1. The van der Waals surface area contributed by atoms with Gasteiger partial charge in [-0.2, -0.15) is 0 Å². The van der Waals surface area contributed by atoms with E-state index in [1.807, 2.05) is 0 Å². The number of carbonyl (C=O) groups is 2.